The lowest BCUT2D eigenvalue weighted by molar-refractivity contribution is 0.550. The first-order valence-electron chi connectivity index (χ1n) is 9.08. The van der Waals surface area contributed by atoms with E-state index in [0.29, 0.717) is 17.3 Å². The van der Waals surface area contributed by atoms with Gasteiger partial charge in [0.25, 0.3) is 0 Å². The molecule has 0 saturated carbocycles. The number of rotatable bonds is 3. The largest absolute Gasteiger partial charge is 0.315 e. The molecule has 148 valence electrons. The molecular weight excluding hydrogens is 340 g/mol. The van der Waals surface area contributed by atoms with E-state index in [0.717, 1.165) is 22.8 Å². The minimum absolute atomic E-state index is 0.0650. The number of H-pyrrole nitrogens is 1. The molecule has 2 N–H and O–H groups in total. The summed E-state index contributed by atoms with van der Waals surface area (Å²) in [5.74, 6) is 1.69. The molecule has 8 heteroatoms. The predicted molar refractivity (Wildman–Crippen MR) is 110 cm³/mol. The number of amidine groups is 1. The summed E-state index contributed by atoms with van der Waals surface area (Å²) in [5.41, 5.74) is 3.31. The number of nitrogens with zero attached hydrogens (tertiary/aromatic N) is 6. The summed E-state index contributed by atoms with van der Waals surface area (Å²) in [4.78, 5) is 1.69. The second-order valence-corrected chi connectivity index (χ2v) is 9.04. The van der Waals surface area contributed by atoms with Gasteiger partial charge in [0.15, 0.2) is 17.3 Å². The van der Waals surface area contributed by atoms with Gasteiger partial charge in [-0.1, -0.05) is 41.5 Å². The third kappa shape index (κ3) is 4.09. The molecule has 0 spiro atoms. The zero-order chi connectivity index (χ0) is 20.7. The van der Waals surface area contributed by atoms with E-state index in [2.05, 4.69) is 67.1 Å². The number of nitrogens with one attached hydrogen (secondary N) is 2. The molecule has 0 bridgehead atoms. The third-order valence-corrected chi connectivity index (χ3v) is 4.50. The topological polar surface area (TPSA) is 98.3 Å². The van der Waals surface area contributed by atoms with Crippen LogP contribution in [0.2, 0.25) is 0 Å². The van der Waals surface area contributed by atoms with E-state index in [1.54, 1.807) is 23.6 Å². The fourth-order valence-electron chi connectivity index (χ4n) is 2.91. The Morgan fingerprint density at radius 3 is 2.15 bits per heavy atom. The number of hydrogen-bond acceptors (Lipinski definition) is 5. The van der Waals surface area contributed by atoms with Crippen LogP contribution >= 0.6 is 0 Å². The Hall–Kier alpha value is -2.51. The van der Waals surface area contributed by atoms with Gasteiger partial charge in [-0.2, -0.15) is 10.2 Å². The number of anilines is 1. The average Bonchev–Trinajstić information content (AvgIpc) is 3.05. The highest BCUT2D eigenvalue weighted by Crippen LogP contribution is 2.38. The van der Waals surface area contributed by atoms with E-state index in [9.17, 15) is 0 Å². The van der Waals surface area contributed by atoms with E-state index in [1.165, 1.54) is 0 Å². The quantitative estimate of drug-likeness (QED) is 0.455. The Labute approximate surface area is 161 Å². The van der Waals surface area contributed by atoms with Crippen LogP contribution < -0.4 is 4.90 Å². The van der Waals surface area contributed by atoms with Crippen LogP contribution in [0.5, 0.6) is 0 Å². The molecule has 0 radical (unpaired) electrons. The minimum atomic E-state index is -0.186. The summed E-state index contributed by atoms with van der Waals surface area (Å²) in [6.45, 7) is 16.4. The van der Waals surface area contributed by atoms with Gasteiger partial charge in [-0.15, -0.1) is 10.2 Å². The second kappa shape index (κ2) is 6.90. The first-order valence-corrected chi connectivity index (χ1v) is 9.08. The van der Waals surface area contributed by atoms with E-state index >= 15 is 0 Å². The first kappa shape index (κ1) is 20.8. The monoisotopic (exact) mass is 372 g/mol. The van der Waals surface area contributed by atoms with Crippen LogP contribution in [0.25, 0.3) is 0 Å². The Balaban J connectivity index is 2.59. The van der Waals surface area contributed by atoms with Crippen molar-refractivity contribution >= 4 is 23.2 Å². The molecule has 27 heavy (non-hydrogen) atoms. The summed E-state index contributed by atoms with van der Waals surface area (Å²) in [5, 5.41) is 29.1. The zero-order valence-corrected chi connectivity index (χ0v) is 18.2. The van der Waals surface area contributed by atoms with Gasteiger partial charge in [0.05, 0.1) is 17.2 Å². The molecule has 0 amide bonds. The molecule has 2 aromatic rings. The summed E-state index contributed by atoms with van der Waals surface area (Å²) in [7, 11) is 3.68. The van der Waals surface area contributed by atoms with E-state index in [4.69, 9.17) is 5.41 Å². The van der Waals surface area contributed by atoms with Crippen molar-refractivity contribution in [2.24, 2.45) is 17.3 Å². The van der Waals surface area contributed by atoms with E-state index in [-0.39, 0.29) is 10.8 Å². The second-order valence-electron chi connectivity index (χ2n) is 9.04. The van der Waals surface area contributed by atoms with Crippen LogP contribution in [0.4, 0.5) is 17.3 Å². The lowest BCUT2D eigenvalue weighted by atomic mass is 9.90. The molecule has 2 heterocycles. The molecule has 2 rings (SSSR count). The highest BCUT2D eigenvalue weighted by Gasteiger charge is 2.27. The van der Waals surface area contributed by atoms with Crippen molar-refractivity contribution in [3.63, 3.8) is 0 Å². The van der Waals surface area contributed by atoms with Crippen molar-refractivity contribution in [1.82, 2.24) is 20.0 Å². The van der Waals surface area contributed by atoms with Crippen LogP contribution in [0.15, 0.2) is 10.2 Å². The number of hydrogen-bond donors (Lipinski definition) is 2. The molecule has 0 atom stereocenters. The Bertz CT molecular complexity index is 871. The molecule has 0 aliphatic rings. The zero-order valence-electron chi connectivity index (χ0n) is 18.2. The standard InChI is InChI=1S/C19H32N8/c1-11-14(18(3,4)5)25-27(10)16(11)23-21-13-15(19(6,7)8)22-24-17(13)26(9)12(2)20/h20H,1-10H3,(H,22,24). The smallest absolute Gasteiger partial charge is 0.183 e. The number of aromatic amines is 1. The Kier molecular flexibility index (Phi) is 5.32. The molecule has 0 aliphatic heterocycles. The summed E-state index contributed by atoms with van der Waals surface area (Å²) in [6.07, 6.45) is 0. The fraction of sp³-hybridized carbons (Fsp3) is 0.632. The van der Waals surface area contributed by atoms with Crippen molar-refractivity contribution in [2.45, 2.75) is 66.2 Å². The van der Waals surface area contributed by atoms with Crippen molar-refractivity contribution in [3.05, 3.63) is 17.0 Å². The molecule has 0 aromatic carbocycles. The summed E-state index contributed by atoms with van der Waals surface area (Å²) in [6, 6.07) is 0. The van der Waals surface area contributed by atoms with Gasteiger partial charge >= 0.3 is 0 Å². The molecule has 2 aromatic heterocycles. The van der Waals surface area contributed by atoms with Crippen molar-refractivity contribution in [2.75, 3.05) is 11.9 Å². The minimum Gasteiger partial charge on any atom is -0.315 e. The summed E-state index contributed by atoms with van der Waals surface area (Å²) < 4.78 is 1.77. The van der Waals surface area contributed by atoms with Crippen LogP contribution in [-0.4, -0.2) is 32.9 Å². The number of azo groups is 1. The van der Waals surface area contributed by atoms with Crippen molar-refractivity contribution in [1.29, 1.82) is 5.41 Å². The maximum atomic E-state index is 7.92. The van der Waals surface area contributed by atoms with Crippen LogP contribution in [0, 0.1) is 12.3 Å². The first-order chi connectivity index (χ1) is 12.2. The fourth-order valence-corrected chi connectivity index (χ4v) is 2.91. The predicted octanol–water partition coefficient (Wildman–Crippen LogP) is 4.90. The SMILES string of the molecule is CC(=N)N(C)c1n[nH]c(C(C)(C)C)c1N=Nc1c(C)c(C(C)(C)C)nn1C. The third-order valence-electron chi connectivity index (χ3n) is 4.50. The molecular formula is C19H32N8. The van der Waals surface area contributed by atoms with E-state index < -0.39 is 0 Å². The van der Waals surface area contributed by atoms with Crippen molar-refractivity contribution in [3.8, 4) is 0 Å². The molecule has 8 nitrogen and oxygen atoms in total. The van der Waals surface area contributed by atoms with Crippen LogP contribution in [-0.2, 0) is 17.9 Å². The van der Waals surface area contributed by atoms with Crippen LogP contribution in [0.1, 0.15) is 65.4 Å². The lowest BCUT2D eigenvalue weighted by Gasteiger charge is -2.18. The number of aromatic nitrogens is 4. The van der Waals surface area contributed by atoms with Gasteiger partial charge in [-0.05, 0) is 13.8 Å². The van der Waals surface area contributed by atoms with Crippen molar-refractivity contribution < 1.29 is 0 Å². The van der Waals surface area contributed by atoms with Gasteiger partial charge in [-0.25, -0.2) is 4.68 Å². The van der Waals surface area contributed by atoms with E-state index in [1.807, 2.05) is 14.0 Å². The summed E-state index contributed by atoms with van der Waals surface area (Å²) >= 11 is 0. The van der Waals surface area contributed by atoms with Gasteiger partial charge in [-0.3, -0.25) is 10.5 Å². The average molecular weight is 373 g/mol. The highest BCUT2D eigenvalue weighted by atomic mass is 15.4. The van der Waals surface area contributed by atoms with Gasteiger partial charge in [0.2, 0.25) is 0 Å². The maximum Gasteiger partial charge on any atom is 0.183 e. The van der Waals surface area contributed by atoms with Gasteiger partial charge in [0.1, 0.15) is 0 Å². The maximum absolute atomic E-state index is 7.92. The number of aryl methyl sites for hydroxylation is 1. The molecule has 0 fully saturated rings. The van der Waals surface area contributed by atoms with Crippen LogP contribution in [0.3, 0.4) is 0 Å². The Morgan fingerprint density at radius 2 is 1.70 bits per heavy atom. The normalized spacial score (nSPS) is 12.8. The Morgan fingerprint density at radius 1 is 1.11 bits per heavy atom. The van der Waals surface area contributed by atoms with Gasteiger partial charge < -0.3 is 4.90 Å². The van der Waals surface area contributed by atoms with Gasteiger partial charge in [0, 0.05) is 30.5 Å². The molecule has 0 unspecified atom stereocenters. The molecule has 0 saturated heterocycles. The highest BCUT2D eigenvalue weighted by molar-refractivity contribution is 5.95. The molecule has 0 aliphatic carbocycles. The lowest BCUT2D eigenvalue weighted by Crippen LogP contribution is -2.22.